The summed E-state index contributed by atoms with van der Waals surface area (Å²) in [6.07, 6.45) is 1.86. The van der Waals surface area contributed by atoms with Crippen LogP contribution in [0.1, 0.15) is 17.8 Å². The Morgan fingerprint density at radius 3 is 3.10 bits per heavy atom. The van der Waals surface area contributed by atoms with Gasteiger partial charge in [0.15, 0.2) is 0 Å². The Morgan fingerprint density at radius 2 is 2.33 bits per heavy atom. The predicted octanol–water partition coefficient (Wildman–Crippen LogP) is 1.07. The number of aliphatic hydroxyl groups is 1. The lowest BCUT2D eigenvalue weighted by Crippen LogP contribution is -2.40. The molecule has 1 amide bonds. The molecule has 5 nitrogen and oxygen atoms in total. The lowest BCUT2D eigenvalue weighted by Gasteiger charge is -2.10. The number of nitrogens with zero attached hydrogens (tertiary/aromatic N) is 1. The summed E-state index contributed by atoms with van der Waals surface area (Å²) in [5.41, 5.74) is 1.05. The first-order chi connectivity index (χ1) is 10.2. The molecule has 3 rings (SSSR count). The lowest BCUT2D eigenvalue weighted by molar-refractivity contribution is -0.122. The van der Waals surface area contributed by atoms with Gasteiger partial charge in [-0.2, -0.15) is 0 Å². The quantitative estimate of drug-likeness (QED) is 0.722. The van der Waals surface area contributed by atoms with Crippen molar-refractivity contribution in [2.24, 2.45) is 0 Å². The van der Waals surface area contributed by atoms with Crippen LogP contribution in [0.25, 0.3) is 10.2 Å². The number of fused-ring (bicyclic) bond motifs is 1. The minimum absolute atomic E-state index is 0.0177. The van der Waals surface area contributed by atoms with E-state index < -0.39 is 6.10 Å². The molecule has 1 saturated heterocycles. The van der Waals surface area contributed by atoms with Gasteiger partial charge >= 0.3 is 0 Å². The highest BCUT2D eigenvalue weighted by molar-refractivity contribution is 7.18. The van der Waals surface area contributed by atoms with Gasteiger partial charge < -0.3 is 15.7 Å². The second kappa shape index (κ2) is 6.51. The van der Waals surface area contributed by atoms with Crippen LogP contribution in [0.4, 0.5) is 0 Å². The predicted molar refractivity (Wildman–Crippen MR) is 83.4 cm³/mol. The van der Waals surface area contributed by atoms with Crippen LogP contribution in [-0.4, -0.2) is 41.2 Å². The average Bonchev–Trinajstić information content (AvgIpc) is 3.09. The van der Waals surface area contributed by atoms with Crippen molar-refractivity contribution in [1.29, 1.82) is 0 Å². The molecule has 2 heterocycles. The number of rotatable bonds is 5. The fourth-order valence-corrected chi connectivity index (χ4v) is 3.53. The van der Waals surface area contributed by atoms with Crippen molar-refractivity contribution in [2.45, 2.75) is 31.4 Å². The van der Waals surface area contributed by atoms with Gasteiger partial charge in [-0.1, -0.05) is 12.1 Å². The molecular formula is C15H19N3O2S. The highest BCUT2D eigenvalue weighted by Gasteiger charge is 2.27. The zero-order valence-corrected chi connectivity index (χ0v) is 12.5. The molecule has 1 aromatic heterocycles. The zero-order valence-electron chi connectivity index (χ0n) is 11.7. The molecule has 1 aliphatic rings. The summed E-state index contributed by atoms with van der Waals surface area (Å²) in [6.45, 7) is 1.15. The first-order valence-corrected chi connectivity index (χ1v) is 8.07. The van der Waals surface area contributed by atoms with E-state index in [1.807, 2.05) is 18.2 Å². The molecule has 0 aliphatic carbocycles. The number of hydrogen-bond donors (Lipinski definition) is 3. The summed E-state index contributed by atoms with van der Waals surface area (Å²) in [5, 5.41) is 16.4. The van der Waals surface area contributed by atoms with E-state index in [4.69, 9.17) is 0 Å². The fourth-order valence-electron chi connectivity index (χ4n) is 2.52. The number of para-hydroxylation sites is 1. The first-order valence-electron chi connectivity index (χ1n) is 7.26. The third kappa shape index (κ3) is 3.58. The van der Waals surface area contributed by atoms with E-state index >= 15 is 0 Å². The Morgan fingerprint density at radius 1 is 1.48 bits per heavy atom. The van der Waals surface area contributed by atoms with Crippen molar-refractivity contribution in [3.8, 4) is 0 Å². The number of nitrogens with one attached hydrogen (secondary N) is 2. The lowest BCUT2D eigenvalue weighted by atomic mass is 10.2. The monoisotopic (exact) mass is 305 g/mol. The zero-order chi connectivity index (χ0) is 14.7. The molecule has 21 heavy (non-hydrogen) atoms. The summed E-state index contributed by atoms with van der Waals surface area (Å²) in [5.74, 6) is -0.0177. The maximum absolute atomic E-state index is 11.8. The van der Waals surface area contributed by atoms with Crippen LogP contribution < -0.4 is 10.6 Å². The maximum atomic E-state index is 11.8. The van der Waals surface area contributed by atoms with Crippen LogP contribution in [0, 0.1) is 0 Å². The number of aryl methyl sites for hydroxylation is 1. The van der Waals surface area contributed by atoms with E-state index in [1.165, 1.54) is 4.70 Å². The number of carbonyl (C=O) groups is 1. The molecule has 0 spiro atoms. The van der Waals surface area contributed by atoms with Gasteiger partial charge in [0.25, 0.3) is 0 Å². The van der Waals surface area contributed by atoms with Crippen LogP contribution in [0.5, 0.6) is 0 Å². The van der Waals surface area contributed by atoms with Gasteiger partial charge in [0, 0.05) is 19.5 Å². The number of aromatic nitrogens is 1. The van der Waals surface area contributed by atoms with Crippen molar-refractivity contribution >= 4 is 27.5 Å². The number of benzene rings is 1. The molecule has 1 fully saturated rings. The second-order valence-electron chi connectivity index (χ2n) is 5.32. The highest BCUT2D eigenvalue weighted by Crippen LogP contribution is 2.22. The number of carbonyl (C=O) groups excluding carboxylic acids is 1. The van der Waals surface area contributed by atoms with E-state index in [9.17, 15) is 9.90 Å². The normalized spacial score (nSPS) is 21.8. The Balaban J connectivity index is 1.42. The van der Waals surface area contributed by atoms with E-state index in [2.05, 4.69) is 21.7 Å². The molecule has 112 valence electrons. The van der Waals surface area contributed by atoms with Gasteiger partial charge in [0.05, 0.1) is 27.4 Å². The summed E-state index contributed by atoms with van der Waals surface area (Å²) in [6, 6.07) is 7.87. The van der Waals surface area contributed by atoms with Crippen molar-refractivity contribution in [3.63, 3.8) is 0 Å². The highest BCUT2D eigenvalue weighted by atomic mass is 32.1. The SMILES string of the molecule is O=C(NCCCc1nc2ccccc2s1)[C@@H]1C[C@H](O)CN1. The fraction of sp³-hybridized carbons (Fsp3) is 0.467. The number of amides is 1. The van der Waals surface area contributed by atoms with Crippen molar-refractivity contribution < 1.29 is 9.90 Å². The summed E-state index contributed by atoms with van der Waals surface area (Å²) < 4.78 is 1.21. The van der Waals surface area contributed by atoms with Crippen molar-refractivity contribution in [1.82, 2.24) is 15.6 Å². The van der Waals surface area contributed by atoms with Crippen molar-refractivity contribution in [2.75, 3.05) is 13.1 Å². The molecular weight excluding hydrogens is 286 g/mol. The molecule has 2 aromatic rings. The van der Waals surface area contributed by atoms with Crippen LogP contribution in [-0.2, 0) is 11.2 Å². The Labute approximate surface area is 127 Å². The van der Waals surface area contributed by atoms with Gasteiger partial charge in [-0.3, -0.25) is 4.79 Å². The first kappa shape index (κ1) is 14.4. The van der Waals surface area contributed by atoms with E-state index in [0.29, 0.717) is 19.5 Å². The standard InChI is InChI=1S/C15H19N3O2S/c19-10-8-12(17-9-10)15(20)16-7-3-6-14-18-11-4-1-2-5-13(11)21-14/h1-2,4-5,10,12,17,19H,3,6-9H2,(H,16,20)/t10-,12-/m0/s1. The minimum Gasteiger partial charge on any atom is -0.392 e. The number of β-amino-alcohol motifs (C(OH)–C–C–N with tert-alkyl or cyclic N) is 1. The summed E-state index contributed by atoms with van der Waals surface area (Å²) in [4.78, 5) is 16.4. The number of thiazole rings is 1. The second-order valence-corrected chi connectivity index (χ2v) is 6.44. The molecule has 2 atom stereocenters. The number of aliphatic hydroxyl groups excluding tert-OH is 1. The third-order valence-electron chi connectivity index (χ3n) is 3.63. The minimum atomic E-state index is -0.400. The van der Waals surface area contributed by atoms with Crippen LogP contribution >= 0.6 is 11.3 Å². The van der Waals surface area contributed by atoms with Gasteiger partial charge in [-0.15, -0.1) is 11.3 Å². The Bertz CT molecular complexity index is 595. The Kier molecular flexibility index (Phi) is 4.48. The average molecular weight is 305 g/mol. The Hall–Kier alpha value is -1.50. The molecule has 6 heteroatoms. The summed E-state index contributed by atoms with van der Waals surface area (Å²) in [7, 11) is 0. The van der Waals surface area contributed by atoms with Crippen LogP contribution in [0.15, 0.2) is 24.3 Å². The largest absolute Gasteiger partial charge is 0.392 e. The van der Waals surface area contributed by atoms with Gasteiger partial charge in [0.1, 0.15) is 0 Å². The molecule has 1 aliphatic heterocycles. The van der Waals surface area contributed by atoms with Gasteiger partial charge in [0.2, 0.25) is 5.91 Å². The van der Waals surface area contributed by atoms with E-state index in [0.717, 1.165) is 23.4 Å². The van der Waals surface area contributed by atoms with Crippen LogP contribution in [0.2, 0.25) is 0 Å². The number of hydrogen-bond acceptors (Lipinski definition) is 5. The molecule has 0 bridgehead atoms. The van der Waals surface area contributed by atoms with Crippen molar-refractivity contribution in [3.05, 3.63) is 29.3 Å². The molecule has 0 unspecified atom stereocenters. The van der Waals surface area contributed by atoms with Crippen LogP contribution in [0.3, 0.4) is 0 Å². The molecule has 0 saturated carbocycles. The topological polar surface area (TPSA) is 74.2 Å². The molecule has 3 N–H and O–H groups in total. The smallest absolute Gasteiger partial charge is 0.237 e. The maximum Gasteiger partial charge on any atom is 0.237 e. The molecule has 1 aromatic carbocycles. The van der Waals surface area contributed by atoms with Gasteiger partial charge in [-0.05, 0) is 25.0 Å². The third-order valence-corrected chi connectivity index (χ3v) is 4.73. The summed E-state index contributed by atoms with van der Waals surface area (Å²) >= 11 is 1.71. The molecule has 0 radical (unpaired) electrons. The van der Waals surface area contributed by atoms with Gasteiger partial charge in [-0.25, -0.2) is 4.98 Å². The van der Waals surface area contributed by atoms with E-state index in [-0.39, 0.29) is 11.9 Å². The van der Waals surface area contributed by atoms with E-state index in [1.54, 1.807) is 11.3 Å².